The van der Waals surface area contributed by atoms with E-state index in [4.69, 9.17) is 27.9 Å². The number of nitrogens with zero attached hydrogens (tertiary/aromatic N) is 3. The number of morpholine rings is 1. The second-order valence-electron chi connectivity index (χ2n) is 5.77. The Morgan fingerprint density at radius 2 is 2.12 bits per heavy atom. The molecule has 1 N–H and O–H groups in total. The molecule has 6 nitrogen and oxygen atoms in total. The van der Waals surface area contributed by atoms with Crippen molar-refractivity contribution >= 4 is 34.8 Å². The number of carbonyl (C=O) groups excluding carboxylic acids is 1. The molecule has 132 valence electrons. The fourth-order valence-corrected chi connectivity index (χ4v) is 3.11. The van der Waals surface area contributed by atoms with E-state index in [0.29, 0.717) is 18.8 Å². The Balaban J connectivity index is 1.65. The molecule has 2 heterocycles. The van der Waals surface area contributed by atoms with Gasteiger partial charge in [-0.3, -0.25) is 9.69 Å². The highest BCUT2D eigenvalue weighted by atomic mass is 35.5. The van der Waals surface area contributed by atoms with Crippen LogP contribution in [-0.2, 0) is 9.53 Å². The molecule has 0 saturated carbocycles. The fraction of sp³-hybridized carbons (Fsp3) is 0.353. The number of nitrogens with one attached hydrogen (secondary N) is 1. The number of rotatable bonds is 4. The fourth-order valence-electron chi connectivity index (χ4n) is 2.76. The van der Waals surface area contributed by atoms with Crippen molar-refractivity contribution in [3.8, 4) is 0 Å². The Bertz CT molecular complexity index is 745. The molecule has 1 aliphatic rings. The summed E-state index contributed by atoms with van der Waals surface area (Å²) in [5.74, 6) is -0.280. The predicted molar refractivity (Wildman–Crippen MR) is 96.9 cm³/mol. The summed E-state index contributed by atoms with van der Waals surface area (Å²) >= 11 is 11.6. The molecule has 1 amide bonds. The molecule has 2 aromatic rings. The molecule has 0 bridgehead atoms. The zero-order valence-corrected chi connectivity index (χ0v) is 15.2. The van der Waals surface area contributed by atoms with E-state index in [1.807, 2.05) is 18.2 Å². The molecule has 1 fully saturated rings. The number of carbonyl (C=O) groups is 1. The highest BCUT2D eigenvalue weighted by molar-refractivity contribution is 6.34. The molecule has 0 aliphatic carbocycles. The first kappa shape index (κ1) is 18.1. The van der Waals surface area contributed by atoms with Gasteiger partial charge in [0.15, 0.2) is 5.15 Å². The standard InChI is InChI=1S/C17H18Cl2N4O2/c1-11(12-5-3-2-4-6-12)23-7-8-25-14(10-23)16(24)21-13-9-20-17(19)22-15(13)18/h2-6,9,11,14H,7-8,10H2,1H3,(H,21,24). The van der Waals surface area contributed by atoms with E-state index in [0.717, 1.165) is 6.54 Å². The largest absolute Gasteiger partial charge is 0.366 e. The number of aromatic nitrogens is 2. The van der Waals surface area contributed by atoms with Gasteiger partial charge in [0, 0.05) is 19.1 Å². The number of benzene rings is 1. The molecule has 0 radical (unpaired) electrons. The Morgan fingerprint density at radius 1 is 1.36 bits per heavy atom. The number of hydrogen-bond donors (Lipinski definition) is 1. The minimum atomic E-state index is -0.591. The lowest BCUT2D eigenvalue weighted by Gasteiger charge is -2.36. The van der Waals surface area contributed by atoms with Gasteiger partial charge in [0.25, 0.3) is 5.91 Å². The number of anilines is 1. The van der Waals surface area contributed by atoms with Crippen LogP contribution in [0.1, 0.15) is 18.5 Å². The zero-order valence-electron chi connectivity index (χ0n) is 13.7. The van der Waals surface area contributed by atoms with Gasteiger partial charge in [-0.05, 0) is 24.1 Å². The first-order valence-corrected chi connectivity index (χ1v) is 8.69. The van der Waals surface area contributed by atoms with E-state index in [1.54, 1.807) is 0 Å². The lowest BCUT2D eigenvalue weighted by atomic mass is 10.1. The molecule has 1 aromatic heterocycles. The van der Waals surface area contributed by atoms with Gasteiger partial charge in [0.05, 0.1) is 18.5 Å². The van der Waals surface area contributed by atoms with Gasteiger partial charge in [-0.1, -0.05) is 41.9 Å². The van der Waals surface area contributed by atoms with E-state index in [-0.39, 0.29) is 22.4 Å². The van der Waals surface area contributed by atoms with Crippen LogP contribution in [0.25, 0.3) is 0 Å². The lowest BCUT2D eigenvalue weighted by Crippen LogP contribution is -2.48. The van der Waals surface area contributed by atoms with Crippen molar-refractivity contribution in [2.75, 3.05) is 25.0 Å². The van der Waals surface area contributed by atoms with Crippen LogP contribution in [0.15, 0.2) is 36.5 Å². The monoisotopic (exact) mass is 380 g/mol. The van der Waals surface area contributed by atoms with Crippen LogP contribution in [-0.4, -0.2) is 46.6 Å². The highest BCUT2D eigenvalue weighted by Crippen LogP contribution is 2.24. The van der Waals surface area contributed by atoms with Crippen LogP contribution in [0, 0.1) is 0 Å². The first-order valence-electron chi connectivity index (χ1n) is 7.94. The number of hydrogen-bond acceptors (Lipinski definition) is 5. The summed E-state index contributed by atoms with van der Waals surface area (Å²) in [4.78, 5) is 22.4. The van der Waals surface area contributed by atoms with Gasteiger partial charge < -0.3 is 10.1 Å². The second-order valence-corrected chi connectivity index (χ2v) is 6.47. The average Bonchev–Trinajstić information content (AvgIpc) is 2.64. The maximum atomic E-state index is 12.5. The number of amides is 1. The van der Waals surface area contributed by atoms with Gasteiger partial charge in [-0.15, -0.1) is 0 Å². The van der Waals surface area contributed by atoms with E-state index >= 15 is 0 Å². The summed E-state index contributed by atoms with van der Waals surface area (Å²) in [6.45, 7) is 3.87. The van der Waals surface area contributed by atoms with Crippen molar-refractivity contribution in [3.63, 3.8) is 0 Å². The Morgan fingerprint density at radius 3 is 2.84 bits per heavy atom. The van der Waals surface area contributed by atoms with Crippen molar-refractivity contribution in [2.45, 2.75) is 19.1 Å². The number of ether oxygens (including phenoxy) is 1. The van der Waals surface area contributed by atoms with Crippen molar-refractivity contribution in [3.05, 3.63) is 52.5 Å². The van der Waals surface area contributed by atoms with Crippen LogP contribution in [0.2, 0.25) is 10.4 Å². The maximum absolute atomic E-state index is 12.5. The van der Waals surface area contributed by atoms with Crippen LogP contribution < -0.4 is 5.32 Å². The zero-order chi connectivity index (χ0) is 17.8. The third-order valence-electron chi connectivity index (χ3n) is 4.19. The molecule has 0 spiro atoms. The lowest BCUT2D eigenvalue weighted by molar-refractivity contribution is -0.134. The Hall–Kier alpha value is -1.73. The summed E-state index contributed by atoms with van der Waals surface area (Å²) in [6, 6.07) is 10.4. The smallest absolute Gasteiger partial charge is 0.254 e. The molecule has 2 unspecified atom stereocenters. The minimum absolute atomic E-state index is 0.0276. The van der Waals surface area contributed by atoms with E-state index in [2.05, 4.69) is 39.2 Å². The van der Waals surface area contributed by atoms with E-state index < -0.39 is 6.10 Å². The van der Waals surface area contributed by atoms with E-state index in [1.165, 1.54) is 11.8 Å². The third kappa shape index (κ3) is 4.46. The quantitative estimate of drug-likeness (QED) is 0.651. The summed E-state index contributed by atoms with van der Waals surface area (Å²) in [7, 11) is 0. The molecule has 25 heavy (non-hydrogen) atoms. The maximum Gasteiger partial charge on any atom is 0.254 e. The summed E-state index contributed by atoms with van der Waals surface area (Å²) in [5.41, 5.74) is 1.52. The summed E-state index contributed by atoms with van der Waals surface area (Å²) < 4.78 is 5.63. The molecule has 1 aromatic carbocycles. The van der Waals surface area contributed by atoms with Gasteiger partial charge in [0.1, 0.15) is 6.10 Å². The van der Waals surface area contributed by atoms with Crippen LogP contribution >= 0.6 is 23.2 Å². The van der Waals surface area contributed by atoms with Crippen molar-refractivity contribution < 1.29 is 9.53 Å². The highest BCUT2D eigenvalue weighted by Gasteiger charge is 2.30. The molecule has 1 saturated heterocycles. The normalized spacial score (nSPS) is 19.4. The SMILES string of the molecule is CC(c1ccccc1)N1CCOC(C(=O)Nc2cnc(Cl)nc2Cl)C1. The minimum Gasteiger partial charge on any atom is -0.366 e. The first-order chi connectivity index (χ1) is 12.0. The van der Waals surface area contributed by atoms with Crippen LogP contribution in [0.4, 0.5) is 5.69 Å². The molecule has 2 atom stereocenters. The van der Waals surface area contributed by atoms with Gasteiger partial charge in [-0.2, -0.15) is 0 Å². The summed E-state index contributed by atoms with van der Waals surface area (Å²) in [6.07, 6.45) is 0.787. The topological polar surface area (TPSA) is 67.3 Å². The molecule has 8 heteroatoms. The van der Waals surface area contributed by atoms with Crippen LogP contribution in [0.5, 0.6) is 0 Å². The molecular weight excluding hydrogens is 363 g/mol. The molecule has 3 rings (SSSR count). The molecular formula is C17H18Cl2N4O2. The van der Waals surface area contributed by atoms with E-state index in [9.17, 15) is 4.79 Å². The van der Waals surface area contributed by atoms with Gasteiger partial charge >= 0.3 is 0 Å². The number of halogens is 2. The summed E-state index contributed by atoms with van der Waals surface area (Å²) in [5, 5.41) is 2.82. The van der Waals surface area contributed by atoms with Gasteiger partial charge in [-0.25, -0.2) is 9.97 Å². The third-order valence-corrected chi connectivity index (χ3v) is 4.66. The second kappa shape index (κ2) is 8.10. The average molecular weight is 381 g/mol. The van der Waals surface area contributed by atoms with Crippen molar-refractivity contribution in [1.29, 1.82) is 0 Å². The Labute approximate surface area is 156 Å². The predicted octanol–water partition coefficient (Wildman–Crippen LogP) is 3.18. The Kier molecular flexibility index (Phi) is 5.86. The molecule has 1 aliphatic heterocycles. The van der Waals surface area contributed by atoms with Gasteiger partial charge in [0.2, 0.25) is 5.28 Å². The van der Waals surface area contributed by atoms with Crippen molar-refractivity contribution in [2.24, 2.45) is 0 Å². The van der Waals surface area contributed by atoms with Crippen molar-refractivity contribution in [1.82, 2.24) is 14.9 Å². The van der Waals surface area contributed by atoms with Crippen LogP contribution in [0.3, 0.4) is 0 Å².